The fourth-order valence-electron chi connectivity index (χ4n) is 1.70. The molecule has 0 heterocycles. The Hall–Kier alpha value is -1.85. The summed E-state index contributed by atoms with van der Waals surface area (Å²) in [5.74, 6) is -1.22. The van der Waals surface area contributed by atoms with Crippen molar-refractivity contribution in [1.82, 2.24) is 0 Å². The number of halogens is 2. The molecule has 0 aromatic heterocycles. The third kappa shape index (κ3) is 4.06. The van der Waals surface area contributed by atoms with Crippen molar-refractivity contribution in [2.75, 3.05) is 6.61 Å². The van der Waals surface area contributed by atoms with Gasteiger partial charge in [0.1, 0.15) is 5.75 Å². The fourth-order valence-corrected chi connectivity index (χ4v) is 2.14. The minimum atomic E-state index is -1.12. The second kappa shape index (κ2) is 6.74. The van der Waals surface area contributed by atoms with Gasteiger partial charge in [-0.25, -0.2) is 4.79 Å². The van der Waals surface area contributed by atoms with Crippen LogP contribution in [-0.2, 0) is 4.79 Å². The lowest BCUT2D eigenvalue weighted by atomic mass is 10.0. The van der Waals surface area contributed by atoms with E-state index in [1.54, 1.807) is 24.3 Å². The molecule has 0 saturated heterocycles. The van der Waals surface area contributed by atoms with Crippen LogP contribution < -0.4 is 4.74 Å². The average molecular weight is 370 g/mol. The highest BCUT2D eigenvalue weighted by atomic mass is 79.9. The zero-order chi connectivity index (χ0) is 15.4. The molecule has 0 bridgehead atoms. The zero-order valence-electron chi connectivity index (χ0n) is 10.7. The van der Waals surface area contributed by atoms with E-state index in [-0.39, 0.29) is 17.1 Å². The molecule has 0 aliphatic heterocycles. The highest BCUT2D eigenvalue weighted by molar-refractivity contribution is 9.10. The summed E-state index contributed by atoms with van der Waals surface area (Å²) in [5.41, 5.74) is 0.687. The van der Waals surface area contributed by atoms with Gasteiger partial charge in [0.05, 0.1) is 5.56 Å². The largest absolute Gasteiger partial charge is 0.481 e. The van der Waals surface area contributed by atoms with Crippen molar-refractivity contribution in [2.24, 2.45) is 0 Å². The smallest absolute Gasteiger partial charge is 0.341 e. The van der Waals surface area contributed by atoms with Crippen LogP contribution in [0.5, 0.6) is 5.75 Å². The van der Waals surface area contributed by atoms with E-state index in [4.69, 9.17) is 21.4 Å². The van der Waals surface area contributed by atoms with Gasteiger partial charge in [0.2, 0.25) is 0 Å². The molecular formula is C15H10BrClO4. The van der Waals surface area contributed by atoms with Gasteiger partial charge in [-0.2, -0.15) is 0 Å². The van der Waals surface area contributed by atoms with E-state index in [9.17, 15) is 9.59 Å². The lowest BCUT2D eigenvalue weighted by Gasteiger charge is -2.10. The number of carbonyl (C=O) groups excluding carboxylic acids is 1. The summed E-state index contributed by atoms with van der Waals surface area (Å²) in [6, 6.07) is 11.3. The van der Waals surface area contributed by atoms with Crippen LogP contribution in [0.1, 0.15) is 15.9 Å². The second-order valence-electron chi connectivity index (χ2n) is 4.16. The molecule has 2 aromatic carbocycles. The minimum Gasteiger partial charge on any atom is -0.481 e. The van der Waals surface area contributed by atoms with E-state index in [1.807, 2.05) is 0 Å². The van der Waals surface area contributed by atoms with Crippen LogP contribution in [0.3, 0.4) is 0 Å². The average Bonchev–Trinajstić information content (AvgIpc) is 2.46. The molecule has 0 unspecified atom stereocenters. The number of hydrogen-bond donors (Lipinski definition) is 1. The zero-order valence-corrected chi connectivity index (χ0v) is 13.0. The van der Waals surface area contributed by atoms with Gasteiger partial charge in [-0.1, -0.05) is 27.5 Å². The quantitative estimate of drug-likeness (QED) is 0.814. The lowest BCUT2D eigenvalue weighted by Crippen LogP contribution is -2.12. The molecule has 21 heavy (non-hydrogen) atoms. The maximum Gasteiger partial charge on any atom is 0.341 e. The Labute approximate surface area is 134 Å². The van der Waals surface area contributed by atoms with Gasteiger partial charge in [0.15, 0.2) is 12.4 Å². The summed E-state index contributed by atoms with van der Waals surface area (Å²) in [6.07, 6.45) is 0. The van der Waals surface area contributed by atoms with Crippen molar-refractivity contribution in [3.05, 3.63) is 63.1 Å². The van der Waals surface area contributed by atoms with Crippen LogP contribution in [0, 0.1) is 0 Å². The predicted octanol–water partition coefficient (Wildman–Crippen LogP) is 3.80. The number of rotatable bonds is 5. The maximum absolute atomic E-state index is 12.5. The Morgan fingerprint density at radius 1 is 1.14 bits per heavy atom. The summed E-state index contributed by atoms with van der Waals surface area (Å²) < 4.78 is 5.99. The van der Waals surface area contributed by atoms with Crippen molar-refractivity contribution in [3.63, 3.8) is 0 Å². The van der Waals surface area contributed by atoms with Crippen molar-refractivity contribution in [1.29, 1.82) is 0 Å². The van der Waals surface area contributed by atoms with Gasteiger partial charge in [0.25, 0.3) is 0 Å². The first-order valence-corrected chi connectivity index (χ1v) is 7.09. The van der Waals surface area contributed by atoms with E-state index in [0.29, 0.717) is 10.6 Å². The van der Waals surface area contributed by atoms with Gasteiger partial charge >= 0.3 is 5.97 Å². The fraction of sp³-hybridized carbons (Fsp3) is 0.0667. The molecule has 0 saturated carbocycles. The van der Waals surface area contributed by atoms with E-state index < -0.39 is 12.6 Å². The summed E-state index contributed by atoms with van der Waals surface area (Å²) in [7, 11) is 0. The molecule has 0 atom stereocenters. The van der Waals surface area contributed by atoms with Gasteiger partial charge in [-0.15, -0.1) is 0 Å². The first-order chi connectivity index (χ1) is 9.97. The minimum absolute atomic E-state index is 0.190. The van der Waals surface area contributed by atoms with Crippen LogP contribution in [0.4, 0.5) is 0 Å². The van der Waals surface area contributed by atoms with Crippen LogP contribution in [-0.4, -0.2) is 23.5 Å². The van der Waals surface area contributed by atoms with E-state index in [1.165, 1.54) is 18.2 Å². The Morgan fingerprint density at radius 3 is 2.43 bits per heavy atom. The number of ether oxygens (including phenoxy) is 1. The number of carboxylic acid groups (broad SMARTS) is 1. The molecule has 0 aliphatic rings. The molecule has 6 heteroatoms. The molecule has 2 aromatic rings. The number of ketones is 1. The third-order valence-electron chi connectivity index (χ3n) is 2.64. The molecule has 2 rings (SSSR count). The Kier molecular flexibility index (Phi) is 4.98. The highest BCUT2D eigenvalue weighted by Crippen LogP contribution is 2.26. The second-order valence-corrected chi connectivity index (χ2v) is 5.51. The molecule has 4 nitrogen and oxygen atoms in total. The molecule has 1 N–H and O–H groups in total. The highest BCUT2D eigenvalue weighted by Gasteiger charge is 2.16. The van der Waals surface area contributed by atoms with Crippen molar-refractivity contribution < 1.29 is 19.4 Å². The van der Waals surface area contributed by atoms with Gasteiger partial charge in [-0.3, -0.25) is 4.79 Å². The van der Waals surface area contributed by atoms with Crippen molar-refractivity contribution >= 4 is 39.3 Å². The van der Waals surface area contributed by atoms with E-state index >= 15 is 0 Å². The van der Waals surface area contributed by atoms with E-state index in [2.05, 4.69) is 15.9 Å². The summed E-state index contributed by atoms with van der Waals surface area (Å²) in [5, 5.41) is 9.04. The SMILES string of the molecule is O=C(O)COc1ccc(Cl)cc1C(=O)c1ccc(Br)cc1. The van der Waals surface area contributed by atoms with E-state index in [0.717, 1.165) is 4.47 Å². The Balaban J connectivity index is 2.36. The molecule has 0 spiro atoms. The van der Waals surface area contributed by atoms with Crippen molar-refractivity contribution in [3.8, 4) is 5.75 Å². The molecule has 108 valence electrons. The third-order valence-corrected chi connectivity index (χ3v) is 3.41. The monoisotopic (exact) mass is 368 g/mol. The maximum atomic E-state index is 12.5. The normalized spacial score (nSPS) is 10.2. The van der Waals surface area contributed by atoms with Crippen LogP contribution in [0.15, 0.2) is 46.9 Å². The van der Waals surface area contributed by atoms with Crippen LogP contribution in [0.2, 0.25) is 5.02 Å². The molecule has 0 fully saturated rings. The molecule has 0 radical (unpaired) electrons. The number of aliphatic carboxylic acids is 1. The summed E-state index contributed by atoms with van der Waals surface area (Å²) in [4.78, 5) is 23.1. The van der Waals surface area contributed by atoms with Gasteiger partial charge in [0, 0.05) is 15.1 Å². The first-order valence-electron chi connectivity index (χ1n) is 5.92. The van der Waals surface area contributed by atoms with Crippen LogP contribution in [0.25, 0.3) is 0 Å². The molecule has 0 amide bonds. The summed E-state index contributed by atoms with van der Waals surface area (Å²) >= 11 is 9.20. The topological polar surface area (TPSA) is 63.6 Å². The predicted molar refractivity (Wildman–Crippen MR) is 82.2 cm³/mol. The summed E-state index contributed by atoms with van der Waals surface area (Å²) in [6.45, 7) is -0.526. The van der Waals surface area contributed by atoms with Crippen LogP contribution >= 0.6 is 27.5 Å². The lowest BCUT2D eigenvalue weighted by molar-refractivity contribution is -0.139. The van der Waals surface area contributed by atoms with Crippen molar-refractivity contribution in [2.45, 2.75) is 0 Å². The number of carbonyl (C=O) groups is 2. The number of carboxylic acids is 1. The molecular weight excluding hydrogens is 360 g/mol. The molecule has 0 aliphatic carbocycles. The number of hydrogen-bond acceptors (Lipinski definition) is 3. The standard InChI is InChI=1S/C15H10BrClO4/c16-10-3-1-9(2-4-10)15(20)12-7-11(17)5-6-13(12)21-8-14(18)19/h1-7H,8H2,(H,18,19). The van der Waals surface area contributed by atoms with Gasteiger partial charge in [-0.05, 0) is 42.5 Å². The van der Waals surface area contributed by atoms with Gasteiger partial charge < -0.3 is 9.84 Å². The first kappa shape index (κ1) is 15.5. The Morgan fingerprint density at radius 2 is 1.81 bits per heavy atom. The number of benzene rings is 2. The Bertz CT molecular complexity index is 683.